The van der Waals surface area contributed by atoms with E-state index in [2.05, 4.69) is 24.3 Å². The molecule has 1 aromatic rings. The first-order valence-electron chi connectivity index (χ1n) is 6.31. The van der Waals surface area contributed by atoms with Gasteiger partial charge in [-0.3, -0.25) is 0 Å². The van der Waals surface area contributed by atoms with Crippen molar-refractivity contribution in [2.24, 2.45) is 5.73 Å². The molecular weight excluding hydrogens is 210 g/mol. The molecule has 92 valence electrons. The van der Waals surface area contributed by atoms with Gasteiger partial charge in [0, 0.05) is 0 Å². The van der Waals surface area contributed by atoms with Crippen LogP contribution >= 0.6 is 0 Å². The molecule has 0 bridgehead atoms. The van der Waals surface area contributed by atoms with E-state index in [9.17, 15) is 0 Å². The fraction of sp³-hybridized carbons (Fsp3) is 0.467. The first-order chi connectivity index (χ1) is 8.22. The number of rotatable bonds is 3. The topological polar surface area (TPSA) is 35.2 Å². The Balaban J connectivity index is 2.24. The van der Waals surface area contributed by atoms with E-state index >= 15 is 0 Å². The quantitative estimate of drug-likeness (QED) is 0.808. The van der Waals surface area contributed by atoms with Crippen LogP contribution in [0.5, 0.6) is 5.75 Å². The molecule has 1 unspecified atom stereocenters. The lowest BCUT2D eigenvalue weighted by Crippen LogP contribution is -2.15. The van der Waals surface area contributed by atoms with Crippen LogP contribution < -0.4 is 10.5 Å². The molecule has 0 saturated carbocycles. The average Bonchev–Trinajstić information content (AvgIpc) is 2.39. The van der Waals surface area contributed by atoms with Crippen molar-refractivity contribution in [2.75, 3.05) is 7.11 Å². The molecule has 0 saturated heterocycles. The lowest BCUT2D eigenvalue weighted by molar-refractivity contribution is 0.411. The van der Waals surface area contributed by atoms with Crippen LogP contribution in [0.2, 0.25) is 0 Å². The summed E-state index contributed by atoms with van der Waals surface area (Å²) >= 11 is 0. The lowest BCUT2D eigenvalue weighted by Gasteiger charge is -2.20. The van der Waals surface area contributed by atoms with Gasteiger partial charge in [0.25, 0.3) is 0 Å². The molecule has 2 N–H and O–H groups in total. The smallest absolute Gasteiger partial charge is 0.122 e. The predicted octanol–water partition coefficient (Wildman–Crippen LogP) is 3.50. The van der Waals surface area contributed by atoms with E-state index in [1.54, 1.807) is 7.11 Å². The summed E-state index contributed by atoms with van der Waals surface area (Å²) in [6, 6.07) is 6.29. The monoisotopic (exact) mass is 231 g/mol. The Kier molecular flexibility index (Phi) is 3.85. The predicted molar refractivity (Wildman–Crippen MR) is 71.2 cm³/mol. The van der Waals surface area contributed by atoms with Crippen LogP contribution in [0.15, 0.2) is 29.8 Å². The summed E-state index contributed by atoms with van der Waals surface area (Å²) in [4.78, 5) is 0. The van der Waals surface area contributed by atoms with Crippen LogP contribution in [0.3, 0.4) is 0 Å². The molecule has 0 aromatic heterocycles. The van der Waals surface area contributed by atoms with Crippen LogP contribution in [0.4, 0.5) is 0 Å². The number of methoxy groups -OCH3 is 1. The third-order valence-corrected chi connectivity index (χ3v) is 3.52. The van der Waals surface area contributed by atoms with Crippen molar-refractivity contribution in [1.29, 1.82) is 0 Å². The first kappa shape index (κ1) is 12.2. The van der Waals surface area contributed by atoms with Crippen molar-refractivity contribution < 1.29 is 4.74 Å². The summed E-state index contributed by atoms with van der Waals surface area (Å²) < 4.78 is 5.35. The van der Waals surface area contributed by atoms with E-state index in [-0.39, 0.29) is 6.04 Å². The van der Waals surface area contributed by atoms with Gasteiger partial charge in [0.2, 0.25) is 0 Å². The Bertz CT molecular complexity index is 423. The van der Waals surface area contributed by atoms with Gasteiger partial charge in [0.05, 0.1) is 13.2 Å². The van der Waals surface area contributed by atoms with Crippen molar-refractivity contribution in [2.45, 2.75) is 38.6 Å². The van der Waals surface area contributed by atoms with Crippen LogP contribution in [0, 0.1) is 6.92 Å². The number of aryl methyl sites for hydroxylation is 1. The fourth-order valence-corrected chi connectivity index (χ4v) is 2.39. The average molecular weight is 231 g/mol. The Morgan fingerprint density at radius 1 is 1.29 bits per heavy atom. The second kappa shape index (κ2) is 5.37. The van der Waals surface area contributed by atoms with Crippen LogP contribution in [0.25, 0.3) is 0 Å². The van der Waals surface area contributed by atoms with Crippen molar-refractivity contribution in [3.8, 4) is 5.75 Å². The second-order valence-corrected chi connectivity index (χ2v) is 4.73. The Morgan fingerprint density at radius 3 is 2.76 bits per heavy atom. The third-order valence-electron chi connectivity index (χ3n) is 3.52. The van der Waals surface area contributed by atoms with Gasteiger partial charge in [-0.05, 0) is 49.8 Å². The van der Waals surface area contributed by atoms with E-state index in [1.807, 2.05) is 6.92 Å². The number of nitrogens with two attached hydrogens (primary N) is 1. The highest BCUT2D eigenvalue weighted by atomic mass is 16.5. The standard InChI is InChI=1S/C15H21NO/c1-11-8-9-13(10-14(11)17-2)15(16)12-6-4-3-5-7-12/h6,8-10,15H,3-5,7,16H2,1-2H3. The van der Waals surface area contributed by atoms with Gasteiger partial charge < -0.3 is 10.5 Å². The van der Waals surface area contributed by atoms with Gasteiger partial charge in [0.1, 0.15) is 5.75 Å². The largest absolute Gasteiger partial charge is 0.496 e. The summed E-state index contributed by atoms with van der Waals surface area (Å²) in [5.74, 6) is 0.925. The van der Waals surface area contributed by atoms with Crippen molar-refractivity contribution in [3.63, 3.8) is 0 Å². The maximum absolute atomic E-state index is 6.32. The summed E-state index contributed by atoms with van der Waals surface area (Å²) in [6.45, 7) is 2.05. The number of hydrogen-bond donors (Lipinski definition) is 1. The van der Waals surface area contributed by atoms with Crippen molar-refractivity contribution >= 4 is 0 Å². The van der Waals surface area contributed by atoms with Crippen molar-refractivity contribution in [3.05, 3.63) is 41.0 Å². The first-order valence-corrected chi connectivity index (χ1v) is 6.31. The maximum atomic E-state index is 6.32. The minimum atomic E-state index is 0.0322. The number of ether oxygens (including phenoxy) is 1. The Hall–Kier alpha value is -1.28. The second-order valence-electron chi connectivity index (χ2n) is 4.73. The molecule has 2 rings (SSSR count). The Labute approximate surface area is 103 Å². The third kappa shape index (κ3) is 2.70. The minimum Gasteiger partial charge on any atom is -0.496 e. The zero-order valence-electron chi connectivity index (χ0n) is 10.7. The van der Waals surface area contributed by atoms with Crippen LogP contribution in [-0.4, -0.2) is 7.11 Å². The molecule has 2 heteroatoms. The van der Waals surface area contributed by atoms with E-state index < -0.39 is 0 Å². The molecule has 0 heterocycles. The van der Waals surface area contributed by atoms with E-state index in [0.29, 0.717) is 0 Å². The van der Waals surface area contributed by atoms with Gasteiger partial charge in [-0.1, -0.05) is 23.8 Å². The summed E-state index contributed by atoms with van der Waals surface area (Å²) in [7, 11) is 1.71. The molecule has 0 spiro atoms. The molecule has 1 atom stereocenters. The molecule has 1 aliphatic rings. The van der Waals surface area contributed by atoms with Crippen LogP contribution in [0.1, 0.15) is 42.9 Å². The SMILES string of the molecule is COc1cc(C(N)C2=CCCCC2)ccc1C. The Morgan fingerprint density at radius 2 is 2.12 bits per heavy atom. The zero-order valence-corrected chi connectivity index (χ0v) is 10.7. The molecule has 1 aromatic carbocycles. The van der Waals surface area contributed by atoms with Gasteiger partial charge in [-0.2, -0.15) is 0 Å². The highest BCUT2D eigenvalue weighted by molar-refractivity contribution is 5.40. The molecular formula is C15H21NO. The fourth-order valence-electron chi connectivity index (χ4n) is 2.39. The van der Waals surface area contributed by atoms with E-state index in [4.69, 9.17) is 10.5 Å². The summed E-state index contributed by atoms with van der Waals surface area (Å²) in [6.07, 6.45) is 7.18. The number of benzene rings is 1. The van der Waals surface area contributed by atoms with E-state index in [0.717, 1.165) is 23.3 Å². The van der Waals surface area contributed by atoms with Gasteiger partial charge in [-0.25, -0.2) is 0 Å². The van der Waals surface area contributed by atoms with Crippen LogP contribution in [-0.2, 0) is 0 Å². The molecule has 0 radical (unpaired) electrons. The molecule has 0 amide bonds. The van der Waals surface area contributed by atoms with E-state index in [1.165, 1.54) is 24.8 Å². The van der Waals surface area contributed by atoms with Gasteiger partial charge >= 0.3 is 0 Å². The highest BCUT2D eigenvalue weighted by Gasteiger charge is 2.15. The molecule has 1 aliphatic carbocycles. The van der Waals surface area contributed by atoms with Crippen molar-refractivity contribution in [1.82, 2.24) is 0 Å². The normalized spacial score (nSPS) is 17.5. The zero-order chi connectivity index (χ0) is 12.3. The molecule has 0 fully saturated rings. The summed E-state index contributed by atoms with van der Waals surface area (Å²) in [5.41, 5.74) is 10.0. The number of allylic oxidation sites excluding steroid dienone is 1. The maximum Gasteiger partial charge on any atom is 0.122 e. The summed E-state index contributed by atoms with van der Waals surface area (Å²) in [5, 5.41) is 0. The molecule has 0 aliphatic heterocycles. The van der Waals surface area contributed by atoms with Gasteiger partial charge in [0.15, 0.2) is 0 Å². The van der Waals surface area contributed by atoms with Gasteiger partial charge in [-0.15, -0.1) is 0 Å². The number of hydrogen-bond acceptors (Lipinski definition) is 2. The molecule has 17 heavy (non-hydrogen) atoms. The highest BCUT2D eigenvalue weighted by Crippen LogP contribution is 2.30. The lowest BCUT2D eigenvalue weighted by atomic mass is 9.90. The minimum absolute atomic E-state index is 0.0322. The molecule has 2 nitrogen and oxygen atoms in total.